The lowest BCUT2D eigenvalue weighted by molar-refractivity contribution is -0.141. The minimum Gasteiger partial charge on any atom is -0.497 e. The molecule has 2 rings (SSSR count). The maximum Gasteiger partial charge on any atom is 0.243 e. The smallest absolute Gasteiger partial charge is 0.243 e. The fourth-order valence-corrected chi connectivity index (χ4v) is 3.79. The number of nitrogens with one attached hydrogen (secondary N) is 1. The zero-order valence-corrected chi connectivity index (χ0v) is 21.1. The van der Waals surface area contributed by atoms with Crippen LogP contribution in [0.15, 0.2) is 48.5 Å². The van der Waals surface area contributed by atoms with Crippen LogP contribution < -0.4 is 10.1 Å². The normalized spacial score (nSPS) is 12.8. The Morgan fingerprint density at radius 1 is 0.970 bits per heavy atom. The van der Waals surface area contributed by atoms with Gasteiger partial charge in [-0.2, -0.15) is 0 Å². The third-order valence-corrected chi connectivity index (χ3v) is 6.15. The van der Waals surface area contributed by atoms with E-state index in [4.69, 9.17) is 4.74 Å². The van der Waals surface area contributed by atoms with Gasteiger partial charge in [-0.15, -0.1) is 0 Å². The fraction of sp³-hybridized carbons (Fsp3) is 0.500. The predicted octanol–water partition coefficient (Wildman–Crippen LogP) is 5.47. The minimum atomic E-state index is -0.513. The Bertz CT molecular complexity index is 892. The molecule has 2 aromatic carbocycles. The van der Waals surface area contributed by atoms with Gasteiger partial charge in [0.2, 0.25) is 11.8 Å². The van der Waals surface area contributed by atoms with Crippen molar-refractivity contribution in [2.75, 3.05) is 7.11 Å². The largest absolute Gasteiger partial charge is 0.497 e. The Hall–Kier alpha value is -2.82. The second kappa shape index (κ2) is 13.0. The summed E-state index contributed by atoms with van der Waals surface area (Å²) >= 11 is 0. The van der Waals surface area contributed by atoms with Gasteiger partial charge in [-0.05, 0) is 60.9 Å². The molecule has 0 radical (unpaired) electrons. The molecule has 180 valence electrons. The van der Waals surface area contributed by atoms with Gasteiger partial charge in [0.25, 0.3) is 0 Å². The van der Waals surface area contributed by atoms with E-state index in [-0.39, 0.29) is 17.9 Å². The highest BCUT2D eigenvalue weighted by Gasteiger charge is 2.29. The van der Waals surface area contributed by atoms with Crippen molar-refractivity contribution in [3.05, 3.63) is 65.2 Å². The summed E-state index contributed by atoms with van der Waals surface area (Å²) in [4.78, 5) is 28.2. The minimum absolute atomic E-state index is 0.0168. The van der Waals surface area contributed by atoms with Crippen LogP contribution >= 0.6 is 0 Å². The number of methoxy groups -OCH3 is 1. The van der Waals surface area contributed by atoms with E-state index in [9.17, 15) is 9.59 Å². The van der Waals surface area contributed by atoms with E-state index < -0.39 is 6.04 Å². The number of ether oxygens (including phenoxy) is 1. The summed E-state index contributed by atoms with van der Waals surface area (Å²) in [5.74, 6) is 1.11. The van der Waals surface area contributed by atoms with Gasteiger partial charge in [0.05, 0.1) is 7.11 Å². The van der Waals surface area contributed by atoms with Crippen LogP contribution in [0.4, 0.5) is 0 Å². The molecular formula is C28H40N2O3. The van der Waals surface area contributed by atoms with E-state index >= 15 is 0 Å². The third kappa shape index (κ3) is 7.92. The first kappa shape index (κ1) is 26.4. The number of carbonyl (C=O) groups is 2. The van der Waals surface area contributed by atoms with Crippen molar-refractivity contribution < 1.29 is 14.3 Å². The first-order valence-electron chi connectivity index (χ1n) is 12.1. The number of hydrogen-bond donors (Lipinski definition) is 1. The van der Waals surface area contributed by atoms with Crippen molar-refractivity contribution >= 4 is 11.8 Å². The molecule has 0 saturated heterocycles. The number of carbonyl (C=O) groups excluding carboxylic acids is 2. The number of amides is 2. The van der Waals surface area contributed by atoms with Gasteiger partial charge in [-0.25, -0.2) is 0 Å². The lowest BCUT2D eigenvalue weighted by Gasteiger charge is -2.31. The van der Waals surface area contributed by atoms with Crippen LogP contribution in [0, 0.1) is 0 Å². The molecule has 0 aliphatic carbocycles. The SMILES string of the molecule is CC[C@@H](C)NC(=O)[C@H](CC)N(Cc1cccc(OC)c1)C(=O)CCc1ccc(C(C)C)cc1. The summed E-state index contributed by atoms with van der Waals surface area (Å²) in [5, 5.41) is 3.06. The Kier molecular flexibility index (Phi) is 10.4. The van der Waals surface area contributed by atoms with Gasteiger partial charge in [-0.3, -0.25) is 9.59 Å². The maximum atomic E-state index is 13.4. The Morgan fingerprint density at radius 3 is 2.24 bits per heavy atom. The van der Waals surface area contributed by atoms with Crippen molar-refractivity contribution in [1.29, 1.82) is 0 Å². The van der Waals surface area contributed by atoms with E-state index in [1.165, 1.54) is 5.56 Å². The summed E-state index contributed by atoms with van der Waals surface area (Å²) in [6, 6.07) is 15.7. The lowest BCUT2D eigenvalue weighted by Crippen LogP contribution is -2.50. The van der Waals surface area contributed by atoms with E-state index in [2.05, 4.69) is 43.4 Å². The highest BCUT2D eigenvalue weighted by molar-refractivity contribution is 5.88. The van der Waals surface area contributed by atoms with Crippen LogP contribution in [-0.2, 0) is 22.6 Å². The molecule has 33 heavy (non-hydrogen) atoms. The summed E-state index contributed by atoms with van der Waals surface area (Å²) in [6.45, 7) is 10.7. The molecule has 0 heterocycles. The van der Waals surface area contributed by atoms with Crippen LogP contribution in [-0.4, -0.2) is 35.9 Å². The van der Waals surface area contributed by atoms with Crippen molar-refractivity contribution in [3.8, 4) is 5.75 Å². The molecule has 0 fully saturated rings. The van der Waals surface area contributed by atoms with Crippen molar-refractivity contribution in [2.24, 2.45) is 0 Å². The van der Waals surface area contributed by atoms with Crippen LogP contribution in [0.5, 0.6) is 5.75 Å². The highest BCUT2D eigenvalue weighted by atomic mass is 16.5. The molecule has 2 aromatic rings. The fourth-order valence-electron chi connectivity index (χ4n) is 3.79. The zero-order valence-electron chi connectivity index (χ0n) is 21.1. The molecule has 5 heteroatoms. The Morgan fingerprint density at radius 2 is 1.67 bits per heavy atom. The van der Waals surface area contributed by atoms with E-state index in [1.54, 1.807) is 12.0 Å². The molecular weight excluding hydrogens is 412 g/mol. The molecule has 0 bridgehead atoms. The molecule has 5 nitrogen and oxygen atoms in total. The van der Waals surface area contributed by atoms with Crippen molar-refractivity contribution in [2.45, 2.75) is 84.8 Å². The zero-order chi connectivity index (χ0) is 24.4. The van der Waals surface area contributed by atoms with Gasteiger partial charge in [0.15, 0.2) is 0 Å². The number of rotatable bonds is 12. The average molecular weight is 453 g/mol. The molecule has 0 aliphatic heterocycles. The number of aryl methyl sites for hydroxylation is 1. The van der Waals surface area contributed by atoms with Crippen molar-refractivity contribution in [3.63, 3.8) is 0 Å². The monoisotopic (exact) mass is 452 g/mol. The van der Waals surface area contributed by atoms with Crippen molar-refractivity contribution in [1.82, 2.24) is 10.2 Å². The van der Waals surface area contributed by atoms with Crippen LogP contribution in [0.25, 0.3) is 0 Å². The van der Waals surface area contributed by atoms with E-state index in [1.807, 2.05) is 45.0 Å². The summed E-state index contributed by atoms with van der Waals surface area (Å²) < 4.78 is 5.35. The topological polar surface area (TPSA) is 58.6 Å². The summed E-state index contributed by atoms with van der Waals surface area (Å²) in [6.07, 6.45) is 2.41. The summed E-state index contributed by atoms with van der Waals surface area (Å²) in [5.41, 5.74) is 3.36. The lowest BCUT2D eigenvalue weighted by atomic mass is 10.00. The Labute approximate surface area is 199 Å². The van der Waals surface area contributed by atoms with Gasteiger partial charge < -0.3 is 15.0 Å². The molecule has 2 atom stereocenters. The Balaban J connectivity index is 2.21. The molecule has 0 spiro atoms. The standard InChI is InChI=1S/C28H40N2O3/c1-7-21(5)29-28(32)26(8-2)30(19-23-10-9-11-25(18-23)33-6)27(31)17-14-22-12-15-24(16-13-22)20(3)4/h9-13,15-16,18,20-21,26H,7-8,14,17,19H2,1-6H3,(H,29,32)/t21-,26+/m1/s1. The number of hydrogen-bond acceptors (Lipinski definition) is 3. The molecule has 2 amide bonds. The van der Waals surface area contributed by atoms with Gasteiger partial charge in [0.1, 0.15) is 11.8 Å². The van der Waals surface area contributed by atoms with E-state index in [0.29, 0.717) is 31.7 Å². The molecule has 0 aliphatic rings. The van der Waals surface area contributed by atoms with Crippen LogP contribution in [0.1, 0.15) is 76.5 Å². The highest BCUT2D eigenvalue weighted by Crippen LogP contribution is 2.20. The molecule has 1 N–H and O–H groups in total. The summed E-state index contributed by atoms with van der Waals surface area (Å²) in [7, 11) is 1.63. The van der Waals surface area contributed by atoms with Gasteiger partial charge in [-0.1, -0.05) is 64.1 Å². The van der Waals surface area contributed by atoms with E-state index in [0.717, 1.165) is 23.3 Å². The third-order valence-electron chi connectivity index (χ3n) is 6.15. The van der Waals surface area contributed by atoms with Crippen LogP contribution in [0.3, 0.4) is 0 Å². The first-order chi connectivity index (χ1) is 15.8. The first-order valence-corrected chi connectivity index (χ1v) is 12.1. The molecule has 0 saturated carbocycles. The molecule has 0 aromatic heterocycles. The molecule has 0 unspecified atom stereocenters. The second-order valence-corrected chi connectivity index (χ2v) is 9.01. The average Bonchev–Trinajstić information content (AvgIpc) is 2.82. The second-order valence-electron chi connectivity index (χ2n) is 9.01. The predicted molar refractivity (Wildman–Crippen MR) is 134 cm³/mol. The van der Waals surface area contributed by atoms with Gasteiger partial charge >= 0.3 is 0 Å². The maximum absolute atomic E-state index is 13.4. The quantitative estimate of drug-likeness (QED) is 0.464. The number of benzene rings is 2. The van der Waals surface area contributed by atoms with Crippen LogP contribution in [0.2, 0.25) is 0 Å². The van der Waals surface area contributed by atoms with Gasteiger partial charge in [0, 0.05) is 19.0 Å². The number of nitrogens with zero attached hydrogens (tertiary/aromatic N) is 1.